The molecule has 3 N–H and O–H groups in total. The first-order chi connectivity index (χ1) is 10.9. The number of ether oxygens (including phenoxy) is 2. The Hall–Kier alpha value is -0.160. The average molecular weight is 317 g/mol. The molecule has 0 aliphatic rings. The molecule has 0 saturated heterocycles. The van der Waals surface area contributed by atoms with Crippen LogP contribution >= 0.6 is 0 Å². The topological polar surface area (TPSA) is 56.5 Å². The van der Waals surface area contributed by atoms with Crippen molar-refractivity contribution < 1.29 is 9.47 Å². The van der Waals surface area contributed by atoms with Crippen molar-refractivity contribution in [3.63, 3.8) is 0 Å². The molecule has 0 unspecified atom stereocenters. The molecule has 0 aromatic carbocycles. The van der Waals surface area contributed by atoms with Crippen molar-refractivity contribution in [3.05, 3.63) is 0 Å². The first-order valence-corrected chi connectivity index (χ1v) is 9.42. The second kappa shape index (κ2) is 20.8. The molecule has 0 amide bonds. The predicted octanol–water partition coefficient (Wildman–Crippen LogP) is 3.49. The molecule has 4 heteroatoms. The molecule has 0 aromatic rings. The number of nitrogens with two attached hydrogens (primary N) is 1. The molecular weight excluding hydrogens is 276 g/mol. The molecule has 0 saturated carbocycles. The van der Waals surface area contributed by atoms with Gasteiger partial charge in [-0.05, 0) is 58.7 Å². The van der Waals surface area contributed by atoms with E-state index in [0.717, 1.165) is 45.9 Å². The highest BCUT2D eigenvalue weighted by molar-refractivity contribution is 4.47. The first kappa shape index (κ1) is 21.8. The first-order valence-electron chi connectivity index (χ1n) is 9.42. The maximum absolute atomic E-state index is 5.63. The number of hydrogen-bond donors (Lipinski definition) is 2. The molecule has 0 heterocycles. The van der Waals surface area contributed by atoms with Gasteiger partial charge in [0.25, 0.3) is 0 Å². The van der Waals surface area contributed by atoms with Gasteiger partial charge < -0.3 is 20.5 Å². The van der Waals surface area contributed by atoms with Gasteiger partial charge >= 0.3 is 0 Å². The van der Waals surface area contributed by atoms with E-state index in [1.807, 2.05) is 7.05 Å². The van der Waals surface area contributed by atoms with Crippen molar-refractivity contribution in [1.29, 1.82) is 0 Å². The van der Waals surface area contributed by atoms with Gasteiger partial charge in [-0.3, -0.25) is 0 Å². The Morgan fingerprint density at radius 2 is 1.05 bits per heavy atom. The largest absolute Gasteiger partial charge is 0.381 e. The lowest BCUT2D eigenvalue weighted by Gasteiger charge is -2.06. The summed E-state index contributed by atoms with van der Waals surface area (Å²) in [6.45, 7) is 5.44. The molecule has 0 radical (unpaired) electrons. The number of rotatable bonds is 19. The Labute approximate surface area is 138 Å². The Balaban J connectivity index is 2.91. The molecule has 0 spiro atoms. The van der Waals surface area contributed by atoms with Crippen LogP contribution in [0, 0.1) is 0 Å². The summed E-state index contributed by atoms with van der Waals surface area (Å²) < 4.78 is 11.2. The molecule has 0 bridgehead atoms. The second-order valence-corrected chi connectivity index (χ2v) is 6.01. The zero-order valence-electron chi connectivity index (χ0n) is 14.9. The van der Waals surface area contributed by atoms with Crippen LogP contribution in [0.25, 0.3) is 0 Å². The lowest BCUT2D eigenvalue weighted by Crippen LogP contribution is -2.08. The molecule has 0 aliphatic carbocycles. The number of hydrogen-bond acceptors (Lipinski definition) is 4. The fourth-order valence-corrected chi connectivity index (χ4v) is 2.38. The van der Waals surface area contributed by atoms with Gasteiger partial charge in [-0.25, -0.2) is 0 Å². The zero-order valence-corrected chi connectivity index (χ0v) is 14.9. The standard InChI is InChI=1S/C18H40N2O2/c1-20-14-9-7-11-16-22-18-12-17-21-15-10-6-4-2-3-5-8-13-19/h20H,2-19H2,1H3. The highest BCUT2D eigenvalue weighted by atomic mass is 16.5. The second-order valence-electron chi connectivity index (χ2n) is 6.01. The summed E-state index contributed by atoms with van der Waals surface area (Å²) >= 11 is 0. The minimum Gasteiger partial charge on any atom is -0.381 e. The average Bonchev–Trinajstić information content (AvgIpc) is 2.54. The van der Waals surface area contributed by atoms with Crippen molar-refractivity contribution in [1.82, 2.24) is 5.32 Å². The fourth-order valence-electron chi connectivity index (χ4n) is 2.38. The molecule has 0 aromatic heterocycles. The van der Waals surface area contributed by atoms with Crippen LogP contribution in [0.5, 0.6) is 0 Å². The smallest absolute Gasteiger partial charge is 0.0487 e. The van der Waals surface area contributed by atoms with E-state index in [0.29, 0.717) is 0 Å². The third-order valence-corrected chi connectivity index (χ3v) is 3.79. The summed E-state index contributed by atoms with van der Waals surface area (Å²) in [5, 5.41) is 3.16. The van der Waals surface area contributed by atoms with E-state index in [9.17, 15) is 0 Å². The van der Waals surface area contributed by atoms with Crippen molar-refractivity contribution in [2.24, 2.45) is 5.73 Å². The van der Waals surface area contributed by atoms with Crippen LogP contribution in [-0.4, -0.2) is 46.6 Å². The van der Waals surface area contributed by atoms with E-state index in [1.54, 1.807) is 0 Å². The molecular formula is C18H40N2O2. The molecule has 0 rings (SSSR count). The molecule has 0 aliphatic heterocycles. The maximum Gasteiger partial charge on any atom is 0.0487 e. The fraction of sp³-hybridized carbons (Fsp3) is 1.00. The number of unbranched alkanes of at least 4 members (excludes halogenated alkanes) is 8. The summed E-state index contributed by atoms with van der Waals surface area (Å²) in [5.41, 5.74) is 5.47. The van der Waals surface area contributed by atoms with Crippen LogP contribution in [0.4, 0.5) is 0 Å². The van der Waals surface area contributed by atoms with Crippen molar-refractivity contribution >= 4 is 0 Å². The summed E-state index contributed by atoms with van der Waals surface area (Å²) in [4.78, 5) is 0. The lowest BCUT2D eigenvalue weighted by atomic mass is 10.1. The summed E-state index contributed by atoms with van der Waals surface area (Å²) in [6, 6.07) is 0. The maximum atomic E-state index is 5.63. The lowest BCUT2D eigenvalue weighted by molar-refractivity contribution is 0.0795. The van der Waals surface area contributed by atoms with Gasteiger partial charge in [0.1, 0.15) is 0 Å². The van der Waals surface area contributed by atoms with Gasteiger partial charge in [-0.15, -0.1) is 0 Å². The van der Waals surface area contributed by atoms with Crippen LogP contribution in [0.15, 0.2) is 0 Å². The quantitative estimate of drug-likeness (QED) is 0.358. The van der Waals surface area contributed by atoms with Gasteiger partial charge in [-0.2, -0.15) is 0 Å². The van der Waals surface area contributed by atoms with Gasteiger partial charge in [0.05, 0.1) is 0 Å². The Kier molecular flexibility index (Phi) is 20.7. The Morgan fingerprint density at radius 3 is 1.59 bits per heavy atom. The molecule has 134 valence electrons. The van der Waals surface area contributed by atoms with Gasteiger partial charge in [0.2, 0.25) is 0 Å². The molecule has 22 heavy (non-hydrogen) atoms. The van der Waals surface area contributed by atoms with E-state index in [2.05, 4.69) is 5.32 Å². The highest BCUT2D eigenvalue weighted by Crippen LogP contribution is 2.06. The van der Waals surface area contributed by atoms with Crippen LogP contribution in [-0.2, 0) is 9.47 Å². The third-order valence-electron chi connectivity index (χ3n) is 3.79. The molecule has 0 atom stereocenters. The van der Waals surface area contributed by atoms with Crippen LogP contribution in [0.1, 0.15) is 70.6 Å². The third kappa shape index (κ3) is 19.8. The van der Waals surface area contributed by atoms with E-state index in [4.69, 9.17) is 15.2 Å². The van der Waals surface area contributed by atoms with Crippen LogP contribution in [0.3, 0.4) is 0 Å². The monoisotopic (exact) mass is 316 g/mol. The highest BCUT2D eigenvalue weighted by Gasteiger charge is 1.94. The van der Waals surface area contributed by atoms with Gasteiger partial charge in [0, 0.05) is 26.4 Å². The summed E-state index contributed by atoms with van der Waals surface area (Å²) in [5.74, 6) is 0. The van der Waals surface area contributed by atoms with Crippen LogP contribution in [0.2, 0.25) is 0 Å². The minimum absolute atomic E-state index is 0.840. The van der Waals surface area contributed by atoms with Gasteiger partial charge in [0.15, 0.2) is 0 Å². The van der Waals surface area contributed by atoms with Crippen molar-refractivity contribution in [2.45, 2.75) is 70.6 Å². The van der Waals surface area contributed by atoms with E-state index < -0.39 is 0 Å². The number of nitrogens with one attached hydrogen (secondary N) is 1. The van der Waals surface area contributed by atoms with Crippen molar-refractivity contribution in [3.8, 4) is 0 Å². The zero-order chi connectivity index (χ0) is 16.1. The van der Waals surface area contributed by atoms with Crippen LogP contribution < -0.4 is 11.1 Å². The minimum atomic E-state index is 0.840. The van der Waals surface area contributed by atoms with E-state index >= 15 is 0 Å². The Bertz CT molecular complexity index is 172. The molecule has 4 nitrogen and oxygen atoms in total. The summed E-state index contributed by atoms with van der Waals surface area (Å²) in [6.07, 6.45) is 13.7. The predicted molar refractivity (Wildman–Crippen MR) is 95.4 cm³/mol. The summed E-state index contributed by atoms with van der Waals surface area (Å²) in [7, 11) is 2.00. The normalized spacial score (nSPS) is 11.2. The Morgan fingerprint density at radius 1 is 0.591 bits per heavy atom. The van der Waals surface area contributed by atoms with E-state index in [1.165, 1.54) is 64.2 Å². The molecule has 0 fully saturated rings. The van der Waals surface area contributed by atoms with Crippen molar-refractivity contribution in [2.75, 3.05) is 46.6 Å². The van der Waals surface area contributed by atoms with E-state index in [-0.39, 0.29) is 0 Å². The van der Waals surface area contributed by atoms with Gasteiger partial charge in [-0.1, -0.05) is 32.1 Å². The SMILES string of the molecule is CNCCCCCOCCCOCCCCCCCCCN.